The third-order valence-electron chi connectivity index (χ3n) is 6.06. The van der Waals surface area contributed by atoms with Crippen molar-refractivity contribution in [3.05, 3.63) is 29.2 Å². The van der Waals surface area contributed by atoms with E-state index in [4.69, 9.17) is 4.52 Å². The zero-order valence-electron chi connectivity index (χ0n) is 17.0. The summed E-state index contributed by atoms with van der Waals surface area (Å²) in [7, 11) is -1.57. The van der Waals surface area contributed by atoms with Crippen LogP contribution in [0.2, 0.25) is 0 Å². The van der Waals surface area contributed by atoms with E-state index >= 15 is 0 Å². The molecule has 29 heavy (non-hydrogen) atoms. The van der Waals surface area contributed by atoms with Gasteiger partial charge in [0.25, 0.3) is 5.91 Å². The minimum atomic E-state index is -3.32. The Morgan fingerprint density at radius 3 is 2.76 bits per heavy atom. The number of aromatic nitrogens is 4. The van der Waals surface area contributed by atoms with Crippen LogP contribution in [0.25, 0.3) is 0 Å². The Labute approximate surface area is 169 Å². The molecule has 1 N–H and O–H groups in total. The van der Waals surface area contributed by atoms with Crippen LogP contribution in [0.3, 0.4) is 0 Å². The van der Waals surface area contributed by atoms with Gasteiger partial charge in [-0.3, -0.25) is 9.48 Å². The Hall–Kier alpha value is -2.27. The van der Waals surface area contributed by atoms with Crippen LogP contribution in [0.5, 0.6) is 0 Å². The molecule has 158 valence electrons. The summed E-state index contributed by atoms with van der Waals surface area (Å²) in [6, 6.07) is 1.56. The van der Waals surface area contributed by atoms with E-state index < -0.39 is 15.4 Å². The van der Waals surface area contributed by atoms with E-state index in [1.165, 1.54) is 0 Å². The highest BCUT2D eigenvalue weighted by Crippen LogP contribution is 2.50. The lowest BCUT2D eigenvalue weighted by molar-refractivity contribution is 0.0762. The molecule has 4 rings (SSSR count). The summed E-state index contributed by atoms with van der Waals surface area (Å²) < 4.78 is 34.1. The van der Waals surface area contributed by atoms with E-state index in [1.807, 2.05) is 6.92 Å². The van der Waals surface area contributed by atoms with Gasteiger partial charge in [-0.15, -0.1) is 0 Å². The van der Waals surface area contributed by atoms with E-state index in [0.29, 0.717) is 43.3 Å². The van der Waals surface area contributed by atoms with Gasteiger partial charge in [-0.25, -0.2) is 13.1 Å². The lowest BCUT2D eigenvalue weighted by Gasteiger charge is -2.25. The highest BCUT2D eigenvalue weighted by molar-refractivity contribution is 7.89. The molecule has 3 heterocycles. The molecule has 10 nitrogen and oxygen atoms in total. The number of carbonyl (C=O) groups excluding carboxylic acids is 1. The zero-order chi connectivity index (χ0) is 21.0. The number of carbonyl (C=O) groups is 1. The quantitative estimate of drug-likeness (QED) is 0.745. The van der Waals surface area contributed by atoms with Crippen LogP contribution in [-0.4, -0.2) is 64.0 Å². The molecule has 2 aromatic heterocycles. The average Bonchev–Trinajstić information content (AvgIpc) is 3.37. The summed E-state index contributed by atoms with van der Waals surface area (Å²) in [5.74, 6) is 0.979. The number of hydrogen-bond donors (Lipinski definition) is 1. The molecule has 0 aromatic carbocycles. The number of sulfonamides is 1. The summed E-state index contributed by atoms with van der Waals surface area (Å²) in [4.78, 5) is 19.4. The van der Waals surface area contributed by atoms with E-state index in [0.717, 1.165) is 5.69 Å². The number of nitrogens with zero attached hydrogens (tertiary/aromatic N) is 5. The molecule has 1 saturated heterocycles. The first-order valence-corrected chi connectivity index (χ1v) is 11.4. The van der Waals surface area contributed by atoms with Crippen LogP contribution in [-0.2, 0) is 22.5 Å². The molecule has 1 amide bonds. The second kappa shape index (κ2) is 6.91. The first kappa shape index (κ1) is 20.0. The molecule has 1 unspecified atom stereocenters. The van der Waals surface area contributed by atoms with Crippen LogP contribution in [0.1, 0.15) is 47.7 Å². The fourth-order valence-electron chi connectivity index (χ4n) is 4.76. The fraction of sp³-hybridized carbons (Fsp3) is 0.667. The van der Waals surface area contributed by atoms with Crippen LogP contribution in [0.15, 0.2) is 10.6 Å². The molecule has 0 bridgehead atoms. The number of likely N-dealkylation sites (tertiary alicyclic amines) is 1. The summed E-state index contributed by atoms with van der Waals surface area (Å²) in [5, 5.41) is 8.20. The number of hydrogen-bond acceptors (Lipinski definition) is 7. The second-order valence-electron chi connectivity index (χ2n) is 8.14. The monoisotopic (exact) mass is 422 g/mol. The van der Waals surface area contributed by atoms with E-state index in [2.05, 4.69) is 20.0 Å². The molecule has 1 aliphatic carbocycles. The van der Waals surface area contributed by atoms with Gasteiger partial charge in [-0.1, -0.05) is 5.16 Å². The number of nitrogens with one attached hydrogen (secondary N) is 1. The van der Waals surface area contributed by atoms with Crippen LogP contribution in [0.4, 0.5) is 0 Å². The summed E-state index contributed by atoms with van der Waals surface area (Å²) in [5.41, 5.74) is 0.764. The van der Waals surface area contributed by atoms with Gasteiger partial charge in [-0.2, -0.15) is 10.1 Å². The molecule has 0 radical (unpaired) electrons. The van der Waals surface area contributed by atoms with Crippen molar-refractivity contribution in [3.63, 3.8) is 0 Å². The maximum absolute atomic E-state index is 13.1. The highest BCUT2D eigenvalue weighted by atomic mass is 32.2. The zero-order valence-corrected chi connectivity index (χ0v) is 17.9. The van der Waals surface area contributed by atoms with Crippen molar-refractivity contribution >= 4 is 15.9 Å². The van der Waals surface area contributed by atoms with Crippen LogP contribution >= 0.6 is 0 Å². The average molecular weight is 423 g/mol. The number of fused-ring (bicyclic) bond motifs is 1. The Morgan fingerprint density at radius 2 is 2.17 bits per heavy atom. The van der Waals surface area contributed by atoms with Crippen molar-refractivity contribution in [1.82, 2.24) is 29.5 Å². The van der Waals surface area contributed by atoms with Gasteiger partial charge in [0.15, 0.2) is 5.82 Å². The smallest absolute Gasteiger partial charge is 0.272 e. The summed E-state index contributed by atoms with van der Waals surface area (Å²) >= 11 is 0. The van der Waals surface area contributed by atoms with Gasteiger partial charge in [0, 0.05) is 26.2 Å². The molecular weight excluding hydrogens is 396 g/mol. The van der Waals surface area contributed by atoms with Gasteiger partial charge in [0.05, 0.1) is 16.9 Å². The Kier molecular flexibility index (Phi) is 4.77. The third kappa shape index (κ3) is 3.46. The number of rotatable bonds is 5. The largest absolute Gasteiger partial charge is 0.339 e. The summed E-state index contributed by atoms with van der Waals surface area (Å²) in [6.45, 7) is 6.14. The third-order valence-corrected chi connectivity index (χ3v) is 7.52. The molecule has 3 atom stereocenters. The molecule has 0 spiro atoms. The SMILES string of the molecule is CCS(=O)(=O)N[C@@H]1CC2CN(C(=O)c3cc(C)nn3C)C[C@@]2(c2nc(C)no2)C1. The fourth-order valence-corrected chi connectivity index (χ4v) is 5.61. The van der Waals surface area contributed by atoms with Crippen molar-refractivity contribution in [1.29, 1.82) is 0 Å². The summed E-state index contributed by atoms with van der Waals surface area (Å²) in [6.07, 6.45) is 1.14. The van der Waals surface area contributed by atoms with Gasteiger partial charge in [0.2, 0.25) is 15.9 Å². The van der Waals surface area contributed by atoms with Crippen molar-refractivity contribution in [2.75, 3.05) is 18.8 Å². The standard InChI is InChI=1S/C18H26N6O4S/c1-5-29(26,27)22-14-7-13-9-24(16(25)15-6-11(2)20-23(15)4)10-18(13,8-14)17-19-12(3)21-28-17/h6,13-14,22H,5,7-10H2,1-4H3/t13?,14-,18+/m1/s1. The lowest BCUT2D eigenvalue weighted by Crippen LogP contribution is -2.40. The Bertz CT molecular complexity index is 1040. The van der Waals surface area contributed by atoms with Crippen molar-refractivity contribution < 1.29 is 17.7 Å². The van der Waals surface area contributed by atoms with Crippen molar-refractivity contribution in [2.45, 2.75) is 45.1 Å². The molecular formula is C18H26N6O4S. The first-order valence-electron chi connectivity index (χ1n) is 9.74. The number of aryl methyl sites for hydroxylation is 3. The highest BCUT2D eigenvalue weighted by Gasteiger charge is 2.58. The molecule has 1 aliphatic heterocycles. The number of amides is 1. The van der Waals surface area contributed by atoms with Gasteiger partial charge in [-0.05, 0) is 45.6 Å². The maximum atomic E-state index is 13.1. The van der Waals surface area contributed by atoms with E-state index in [-0.39, 0.29) is 23.6 Å². The molecule has 1 saturated carbocycles. The lowest BCUT2D eigenvalue weighted by atomic mass is 9.80. The second-order valence-corrected chi connectivity index (χ2v) is 10.2. The van der Waals surface area contributed by atoms with Gasteiger partial charge in [0.1, 0.15) is 5.69 Å². The minimum Gasteiger partial charge on any atom is -0.339 e. The Balaban J connectivity index is 1.63. The Morgan fingerprint density at radius 1 is 1.41 bits per heavy atom. The molecule has 2 aromatic rings. The molecule has 11 heteroatoms. The first-order chi connectivity index (χ1) is 13.6. The maximum Gasteiger partial charge on any atom is 0.272 e. The van der Waals surface area contributed by atoms with Crippen molar-refractivity contribution in [3.8, 4) is 0 Å². The minimum absolute atomic E-state index is 0.0326. The topological polar surface area (TPSA) is 123 Å². The molecule has 2 fully saturated rings. The van der Waals surface area contributed by atoms with E-state index in [9.17, 15) is 13.2 Å². The van der Waals surface area contributed by atoms with Crippen LogP contribution < -0.4 is 4.72 Å². The predicted molar refractivity (Wildman–Crippen MR) is 104 cm³/mol. The van der Waals surface area contributed by atoms with Gasteiger partial charge >= 0.3 is 0 Å². The van der Waals surface area contributed by atoms with E-state index in [1.54, 1.807) is 36.5 Å². The normalized spacial score (nSPS) is 26.8. The van der Waals surface area contributed by atoms with Crippen LogP contribution in [0, 0.1) is 19.8 Å². The molecule has 2 aliphatic rings. The van der Waals surface area contributed by atoms with Crippen molar-refractivity contribution in [2.24, 2.45) is 13.0 Å². The van der Waals surface area contributed by atoms with Gasteiger partial charge < -0.3 is 9.42 Å². The predicted octanol–water partition coefficient (Wildman–Crippen LogP) is 0.532.